The summed E-state index contributed by atoms with van der Waals surface area (Å²) in [6.45, 7) is 2.06. The molecule has 1 aliphatic heterocycles. The minimum atomic E-state index is -5.04. The number of anilines is 1. The normalized spacial score (nSPS) is 22.5. The van der Waals surface area contributed by atoms with Crippen molar-refractivity contribution < 1.29 is 27.8 Å². The van der Waals surface area contributed by atoms with Crippen molar-refractivity contribution in [2.45, 2.75) is 69.7 Å². The monoisotopic (exact) mass is 579 g/mol. The van der Waals surface area contributed by atoms with E-state index < -0.39 is 29.1 Å². The predicted molar refractivity (Wildman–Crippen MR) is 143 cm³/mol. The van der Waals surface area contributed by atoms with Gasteiger partial charge in [-0.2, -0.15) is 18.4 Å². The lowest BCUT2D eigenvalue weighted by atomic mass is 9.82. The zero-order valence-electron chi connectivity index (χ0n) is 22.2. The van der Waals surface area contributed by atoms with Crippen LogP contribution in [0.15, 0.2) is 30.5 Å². The first-order valence-electron chi connectivity index (χ1n) is 13.4. The lowest BCUT2D eigenvalue weighted by Gasteiger charge is -2.32. The third-order valence-corrected chi connectivity index (χ3v) is 8.21. The van der Waals surface area contributed by atoms with Gasteiger partial charge in [0.1, 0.15) is 5.82 Å². The Morgan fingerprint density at radius 1 is 1.25 bits per heavy atom. The number of carbonyl (C=O) groups excluding carboxylic acids is 1. The molecule has 2 aromatic heterocycles. The Morgan fingerprint density at radius 3 is 2.60 bits per heavy atom. The van der Waals surface area contributed by atoms with Crippen molar-refractivity contribution in [3.05, 3.63) is 41.2 Å². The first-order chi connectivity index (χ1) is 18.9. The van der Waals surface area contributed by atoms with Gasteiger partial charge < -0.3 is 20.5 Å². The number of nitriles is 1. The zero-order chi connectivity index (χ0) is 29.0. The van der Waals surface area contributed by atoms with Crippen LogP contribution in [0.4, 0.5) is 19.0 Å². The quantitative estimate of drug-likeness (QED) is 0.400. The van der Waals surface area contributed by atoms with E-state index in [0.717, 1.165) is 11.3 Å². The number of nitrogens with zero attached hydrogens (tertiary/aromatic N) is 3. The largest absolute Gasteiger partial charge is 0.426 e. The van der Waals surface area contributed by atoms with Crippen LogP contribution in [0.2, 0.25) is 5.02 Å². The molecule has 0 radical (unpaired) electrons. The minimum absolute atomic E-state index is 0.236. The summed E-state index contributed by atoms with van der Waals surface area (Å²) in [4.78, 5) is 21.2. The number of aliphatic hydroxyl groups is 1. The standard InChI is InChI=1S/C28H33ClF3N5O3/c1-26(39,28(30,31)32)25(38)36-19-7-5-18(6-8-19)13-20-14-21(22(29)15-34-20)23-3-2-4-24(37-23)35-17-27(16-33)9-11-40-12-10-27/h2-4,14-15,18-19,39H,5-13,17H2,1H3,(H,35,37)(H,36,38). The fourth-order valence-corrected chi connectivity index (χ4v) is 5.28. The fourth-order valence-electron chi connectivity index (χ4n) is 5.08. The van der Waals surface area contributed by atoms with Gasteiger partial charge >= 0.3 is 6.18 Å². The third-order valence-electron chi connectivity index (χ3n) is 7.91. The van der Waals surface area contributed by atoms with Crippen LogP contribution >= 0.6 is 11.6 Å². The predicted octanol–water partition coefficient (Wildman–Crippen LogP) is 5.06. The van der Waals surface area contributed by atoms with Crippen molar-refractivity contribution in [2.75, 3.05) is 25.1 Å². The van der Waals surface area contributed by atoms with Gasteiger partial charge in [-0.1, -0.05) is 17.7 Å². The van der Waals surface area contributed by atoms with Gasteiger partial charge in [0.2, 0.25) is 5.60 Å². The Labute approximate surface area is 236 Å². The molecule has 8 nitrogen and oxygen atoms in total. The molecular weight excluding hydrogens is 547 g/mol. The summed E-state index contributed by atoms with van der Waals surface area (Å²) in [6, 6.07) is 9.48. The lowest BCUT2D eigenvalue weighted by molar-refractivity contribution is -0.245. The van der Waals surface area contributed by atoms with E-state index in [2.05, 4.69) is 21.7 Å². The van der Waals surface area contributed by atoms with Crippen molar-refractivity contribution in [2.24, 2.45) is 11.3 Å². The summed E-state index contributed by atoms with van der Waals surface area (Å²) in [5.74, 6) is -0.550. The molecule has 1 amide bonds. The highest BCUT2D eigenvalue weighted by atomic mass is 35.5. The molecule has 0 bridgehead atoms. The molecule has 4 rings (SSSR count). The van der Waals surface area contributed by atoms with E-state index in [9.17, 15) is 28.3 Å². The highest BCUT2D eigenvalue weighted by Gasteiger charge is 2.56. The second-order valence-electron chi connectivity index (χ2n) is 10.9. The van der Waals surface area contributed by atoms with Crippen LogP contribution in [0.5, 0.6) is 0 Å². The van der Waals surface area contributed by atoms with Crippen molar-refractivity contribution in [1.29, 1.82) is 5.26 Å². The van der Waals surface area contributed by atoms with Crippen molar-refractivity contribution >= 4 is 23.3 Å². The number of hydrogen-bond donors (Lipinski definition) is 3. The van der Waals surface area contributed by atoms with E-state index >= 15 is 0 Å². The van der Waals surface area contributed by atoms with E-state index in [1.807, 2.05) is 24.3 Å². The maximum Gasteiger partial charge on any atom is 0.426 e. The number of hydrogen-bond acceptors (Lipinski definition) is 7. The molecule has 2 fully saturated rings. The smallest absolute Gasteiger partial charge is 0.381 e. The van der Waals surface area contributed by atoms with E-state index in [4.69, 9.17) is 21.3 Å². The van der Waals surface area contributed by atoms with Gasteiger partial charge in [0.25, 0.3) is 5.91 Å². The van der Waals surface area contributed by atoms with Crippen LogP contribution < -0.4 is 10.6 Å². The molecule has 1 saturated carbocycles. The molecular formula is C28H33ClF3N5O3. The second kappa shape index (κ2) is 12.3. The number of alkyl halides is 3. The number of amides is 1. The number of aromatic nitrogens is 2. The minimum Gasteiger partial charge on any atom is -0.381 e. The van der Waals surface area contributed by atoms with Crippen LogP contribution in [0, 0.1) is 22.7 Å². The molecule has 1 saturated heterocycles. The third kappa shape index (κ3) is 7.03. The summed E-state index contributed by atoms with van der Waals surface area (Å²) < 4.78 is 44.2. The van der Waals surface area contributed by atoms with E-state index in [1.54, 1.807) is 6.20 Å². The van der Waals surface area contributed by atoms with Crippen LogP contribution in [-0.2, 0) is 16.0 Å². The number of pyridine rings is 2. The summed E-state index contributed by atoms with van der Waals surface area (Å²) in [5, 5.41) is 25.4. The molecule has 40 heavy (non-hydrogen) atoms. The molecule has 2 aliphatic rings. The molecule has 3 heterocycles. The molecule has 1 aliphatic carbocycles. The Bertz CT molecular complexity index is 1240. The van der Waals surface area contributed by atoms with Gasteiger partial charge in [-0.05, 0) is 76.0 Å². The first-order valence-corrected chi connectivity index (χ1v) is 13.7. The highest BCUT2D eigenvalue weighted by Crippen LogP contribution is 2.34. The van der Waals surface area contributed by atoms with E-state index in [1.165, 1.54) is 0 Å². The van der Waals surface area contributed by atoms with Gasteiger partial charge in [-0.25, -0.2) is 4.98 Å². The summed E-state index contributed by atoms with van der Waals surface area (Å²) in [5.41, 5.74) is -1.70. The van der Waals surface area contributed by atoms with Crippen LogP contribution in [-0.4, -0.2) is 58.6 Å². The zero-order valence-corrected chi connectivity index (χ0v) is 23.0. The van der Waals surface area contributed by atoms with E-state index in [-0.39, 0.29) is 5.92 Å². The Kier molecular flexibility index (Phi) is 9.22. The van der Waals surface area contributed by atoms with Crippen LogP contribution in [0.25, 0.3) is 11.3 Å². The molecule has 1 atom stereocenters. The Hall–Kier alpha value is -2.94. The molecule has 0 aromatic carbocycles. The molecule has 0 spiro atoms. The SMILES string of the molecule is CC(O)(C(=O)NC1CCC(Cc2cc(-c3cccc(NCC4(C#N)CCOCC4)n3)c(Cl)cn2)CC1)C(F)(F)F. The maximum absolute atomic E-state index is 12.9. The number of nitrogens with one attached hydrogen (secondary N) is 2. The molecule has 12 heteroatoms. The summed E-state index contributed by atoms with van der Waals surface area (Å²) >= 11 is 6.49. The number of carbonyl (C=O) groups is 1. The number of ether oxygens (including phenoxy) is 1. The average Bonchev–Trinajstić information content (AvgIpc) is 2.94. The summed E-state index contributed by atoms with van der Waals surface area (Å²) in [6.07, 6.45) is 0.940. The van der Waals surface area contributed by atoms with Crippen molar-refractivity contribution in [1.82, 2.24) is 15.3 Å². The van der Waals surface area contributed by atoms with Crippen LogP contribution in [0.3, 0.4) is 0 Å². The van der Waals surface area contributed by atoms with Crippen molar-refractivity contribution in [3.8, 4) is 17.3 Å². The van der Waals surface area contributed by atoms with Gasteiger partial charge in [0, 0.05) is 43.3 Å². The molecule has 1 unspecified atom stereocenters. The van der Waals surface area contributed by atoms with Gasteiger partial charge in [0.05, 0.1) is 22.2 Å². The van der Waals surface area contributed by atoms with Crippen molar-refractivity contribution in [3.63, 3.8) is 0 Å². The topological polar surface area (TPSA) is 120 Å². The number of rotatable bonds is 8. The average molecular weight is 580 g/mol. The molecule has 2 aromatic rings. The van der Waals surface area contributed by atoms with Gasteiger partial charge in [-0.15, -0.1) is 0 Å². The lowest BCUT2D eigenvalue weighted by Crippen LogP contribution is -2.57. The summed E-state index contributed by atoms with van der Waals surface area (Å²) in [7, 11) is 0. The fraction of sp³-hybridized carbons (Fsp3) is 0.571. The van der Waals surface area contributed by atoms with Gasteiger partial charge in [0.15, 0.2) is 0 Å². The molecule has 3 N–H and O–H groups in total. The Balaban J connectivity index is 1.36. The number of halogens is 4. The highest BCUT2D eigenvalue weighted by molar-refractivity contribution is 6.33. The molecule has 216 valence electrons. The first kappa shape index (κ1) is 30.0. The van der Waals surface area contributed by atoms with Crippen LogP contribution in [0.1, 0.15) is 51.1 Å². The van der Waals surface area contributed by atoms with Gasteiger partial charge in [-0.3, -0.25) is 9.78 Å². The maximum atomic E-state index is 12.9. The Morgan fingerprint density at radius 2 is 1.95 bits per heavy atom. The second-order valence-corrected chi connectivity index (χ2v) is 11.3. The van der Waals surface area contributed by atoms with E-state index in [0.29, 0.717) is 88.2 Å².